The van der Waals surface area contributed by atoms with Crippen molar-refractivity contribution in [2.45, 2.75) is 6.92 Å². The van der Waals surface area contributed by atoms with Crippen molar-refractivity contribution in [3.63, 3.8) is 0 Å². The van der Waals surface area contributed by atoms with Gasteiger partial charge >= 0.3 is 0 Å². The molecule has 0 aliphatic carbocycles. The Hall–Kier alpha value is -2.24. The molecule has 0 aliphatic rings. The zero-order chi connectivity index (χ0) is 11.5. The lowest BCUT2D eigenvalue weighted by Crippen LogP contribution is -2.05. The summed E-state index contributed by atoms with van der Waals surface area (Å²) < 4.78 is 17.2. The van der Waals surface area contributed by atoms with Crippen LogP contribution in [0.3, 0.4) is 0 Å². The molecule has 2 rings (SSSR count). The monoisotopic (exact) mass is 221 g/mol. The van der Waals surface area contributed by atoms with Crippen LogP contribution in [0, 0.1) is 12.7 Å². The molecule has 0 unspecified atom stereocenters. The third kappa shape index (κ3) is 1.77. The Morgan fingerprint density at radius 1 is 1.31 bits per heavy atom. The molecule has 0 spiro atoms. The van der Waals surface area contributed by atoms with Crippen LogP contribution in [0.4, 0.5) is 4.39 Å². The van der Waals surface area contributed by atoms with E-state index < -0.39 is 0 Å². The van der Waals surface area contributed by atoms with E-state index in [1.807, 2.05) is 0 Å². The van der Waals surface area contributed by atoms with Crippen molar-refractivity contribution in [1.82, 2.24) is 10.3 Å². The van der Waals surface area contributed by atoms with E-state index in [1.54, 1.807) is 6.92 Å². The highest BCUT2D eigenvalue weighted by molar-refractivity contribution is 6.11. The normalized spacial score (nSPS) is 11.8. The highest BCUT2D eigenvalue weighted by atomic mass is 19.1. The molecule has 0 saturated carbocycles. The zero-order valence-corrected chi connectivity index (χ0v) is 8.38. The second-order valence-electron chi connectivity index (χ2n) is 3.15. The van der Waals surface area contributed by atoms with Gasteiger partial charge in [0.1, 0.15) is 17.2 Å². The van der Waals surface area contributed by atoms with Crippen molar-refractivity contribution in [2.75, 3.05) is 0 Å². The predicted molar refractivity (Wildman–Crippen MR) is 52.9 cm³/mol. The van der Waals surface area contributed by atoms with Crippen LogP contribution in [0.15, 0.2) is 34.1 Å². The van der Waals surface area contributed by atoms with Gasteiger partial charge in [0.15, 0.2) is 5.69 Å². The summed E-state index contributed by atoms with van der Waals surface area (Å²) in [5.41, 5.74) is 1.55. The second kappa shape index (κ2) is 4.09. The van der Waals surface area contributed by atoms with Gasteiger partial charge in [0.2, 0.25) is 0 Å². The topological polar surface area (TPSA) is 71.5 Å². The maximum atomic E-state index is 12.7. The van der Waals surface area contributed by atoms with Gasteiger partial charge in [-0.25, -0.2) is 9.02 Å². The number of aryl methyl sites for hydroxylation is 1. The standard InChI is InChI=1S/C10H8FN3O2/c1-6-9(14-16-13-6)10(12-15)7-2-4-8(11)5-3-7/h2-5,15H,1H3/b12-10-. The highest BCUT2D eigenvalue weighted by Crippen LogP contribution is 2.12. The number of oxime groups is 1. The van der Waals surface area contributed by atoms with Gasteiger partial charge in [-0.2, -0.15) is 0 Å². The lowest BCUT2D eigenvalue weighted by atomic mass is 10.1. The lowest BCUT2D eigenvalue weighted by molar-refractivity contribution is 0.302. The molecule has 0 radical (unpaired) electrons. The van der Waals surface area contributed by atoms with E-state index in [0.717, 1.165) is 0 Å². The summed E-state index contributed by atoms with van der Waals surface area (Å²) in [7, 11) is 0. The molecule has 1 heterocycles. The summed E-state index contributed by atoms with van der Waals surface area (Å²) in [6.45, 7) is 1.67. The van der Waals surface area contributed by atoms with Crippen LogP contribution in [0.1, 0.15) is 17.0 Å². The molecule has 2 aromatic rings. The summed E-state index contributed by atoms with van der Waals surface area (Å²) in [4.78, 5) is 0. The van der Waals surface area contributed by atoms with Gasteiger partial charge in [0.05, 0.1) is 0 Å². The largest absolute Gasteiger partial charge is 0.410 e. The molecule has 16 heavy (non-hydrogen) atoms. The molecule has 6 heteroatoms. The number of hydrogen-bond acceptors (Lipinski definition) is 5. The van der Waals surface area contributed by atoms with Crippen molar-refractivity contribution in [3.8, 4) is 0 Å². The molecule has 5 nitrogen and oxygen atoms in total. The Balaban J connectivity index is 2.46. The molecule has 1 aromatic heterocycles. The third-order valence-electron chi connectivity index (χ3n) is 2.09. The minimum Gasteiger partial charge on any atom is -0.410 e. The van der Waals surface area contributed by atoms with E-state index in [9.17, 15) is 4.39 Å². The van der Waals surface area contributed by atoms with Crippen LogP contribution < -0.4 is 0 Å². The van der Waals surface area contributed by atoms with Crippen molar-refractivity contribution in [1.29, 1.82) is 0 Å². The summed E-state index contributed by atoms with van der Waals surface area (Å²) in [6.07, 6.45) is 0. The first kappa shape index (κ1) is 10.3. The highest BCUT2D eigenvalue weighted by Gasteiger charge is 2.15. The minimum atomic E-state index is -0.365. The molecule has 1 N–H and O–H groups in total. The van der Waals surface area contributed by atoms with Gasteiger partial charge < -0.3 is 5.21 Å². The minimum absolute atomic E-state index is 0.193. The second-order valence-corrected chi connectivity index (χ2v) is 3.15. The van der Waals surface area contributed by atoms with E-state index in [4.69, 9.17) is 5.21 Å². The van der Waals surface area contributed by atoms with E-state index >= 15 is 0 Å². The van der Waals surface area contributed by atoms with Gasteiger partial charge in [0, 0.05) is 5.56 Å². The van der Waals surface area contributed by atoms with Gasteiger partial charge in [-0.1, -0.05) is 10.3 Å². The number of halogens is 1. The number of rotatable bonds is 2. The fourth-order valence-corrected chi connectivity index (χ4v) is 1.30. The average molecular weight is 221 g/mol. The Kier molecular flexibility index (Phi) is 2.63. The molecule has 0 amide bonds. The number of nitrogens with zero attached hydrogens (tertiary/aromatic N) is 3. The van der Waals surface area contributed by atoms with Crippen LogP contribution in [0.5, 0.6) is 0 Å². The SMILES string of the molecule is Cc1nonc1/C(=N\O)c1ccc(F)cc1. The van der Waals surface area contributed by atoms with Crippen molar-refractivity contribution in [3.05, 3.63) is 47.0 Å². The molecular formula is C10H8FN3O2. The molecule has 0 atom stereocenters. The van der Waals surface area contributed by atoms with E-state index in [-0.39, 0.29) is 11.5 Å². The van der Waals surface area contributed by atoms with Gasteiger partial charge in [-0.15, -0.1) is 0 Å². The lowest BCUT2D eigenvalue weighted by Gasteiger charge is -2.00. The van der Waals surface area contributed by atoms with Crippen molar-refractivity contribution < 1.29 is 14.2 Å². The fourth-order valence-electron chi connectivity index (χ4n) is 1.30. The number of aromatic nitrogens is 2. The number of benzene rings is 1. The van der Waals surface area contributed by atoms with Gasteiger partial charge in [0.25, 0.3) is 0 Å². The molecule has 0 saturated heterocycles. The Labute approximate surface area is 90.2 Å². The third-order valence-corrected chi connectivity index (χ3v) is 2.09. The first-order chi connectivity index (χ1) is 7.72. The summed E-state index contributed by atoms with van der Waals surface area (Å²) in [5.74, 6) is -0.365. The molecule has 0 aliphatic heterocycles. The van der Waals surface area contributed by atoms with Gasteiger partial charge in [-0.3, -0.25) is 0 Å². The van der Waals surface area contributed by atoms with Crippen molar-refractivity contribution >= 4 is 5.71 Å². The first-order valence-electron chi connectivity index (χ1n) is 4.50. The summed E-state index contributed by atoms with van der Waals surface area (Å²) in [5, 5.41) is 19.2. The van der Waals surface area contributed by atoms with E-state index in [0.29, 0.717) is 17.0 Å². The maximum absolute atomic E-state index is 12.7. The first-order valence-corrected chi connectivity index (χ1v) is 4.50. The van der Waals surface area contributed by atoms with Crippen LogP contribution in [0.25, 0.3) is 0 Å². The molecule has 1 aromatic carbocycles. The van der Waals surface area contributed by atoms with Crippen LogP contribution in [0.2, 0.25) is 0 Å². The van der Waals surface area contributed by atoms with Crippen LogP contribution in [-0.2, 0) is 0 Å². The Morgan fingerprint density at radius 3 is 2.50 bits per heavy atom. The van der Waals surface area contributed by atoms with Crippen molar-refractivity contribution in [2.24, 2.45) is 5.16 Å². The quantitative estimate of drug-likeness (QED) is 0.476. The molecule has 82 valence electrons. The maximum Gasteiger partial charge on any atom is 0.160 e. The summed E-state index contributed by atoms with van der Waals surface area (Å²) >= 11 is 0. The van der Waals surface area contributed by atoms with E-state index in [1.165, 1.54) is 24.3 Å². The van der Waals surface area contributed by atoms with Gasteiger partial charge in [-0.05, 0) is 36.3 Å². The predicted octanol–water partition coefficient (Wildman–Crippen LogP) is 1.74. The van der Waals surface area contributed by atoms with E-state index in [2.05, 4.69) is 20.1 Å². The molecule has 0 bridgehead atoms. The fraction of sp³-hybridized carbons (Fsp3) is 0.100. The molecular weight excluding hydrogens is 213 g/mol. The average Bonchev–Trinajstić information content (AvgIpc) is 2.69. The summed E-state index contributed by atoms with van der Waals surface area (Å²) in [6, 6.07) is 5.50. The zero-order valence-electron chi connectivity index (χ0n) is 8.38. The Morgan fingerprint density at radius 2 is 2.00 bits per heavy atom. The van der Waals surface area contributed by atoms with Crippen LogP contribution >= 0.6 is 0 Å². The smallest absolute Gasteiger partial charge is 0.160 e. The molecule has 0 fully saturated rings. The van der Waals surface area contributed by atoms with Crippen LogP contribution in [-0.4, -0.2) is 21.2 Å². The Bertz CT molecular complexity index is 519. The number of hydrogen-bond donors (Lipinski definition) is 1.